The summed E-state index contributed by atoms with van der Waals surface area (Å²) in [6, 6.07) is 0. The second kappa shape index (κ2) is 4.50. The first-order chi connectivity index (χ1) is 7.60. The van der Waals surface area contributed by atoms with E-state index in [2.05, 4.69) is 19.1 Å². The van der Waals surface area contributed by atoms with Gasteiger partial charge in [0.1, 0.15) is 0 Å². The minimum absolute atomic E-state index is 0.221. The van der Waals surface area contributed by atoms with Gasteiger partial charge in [-0.15, -0.1) is 0 Å². The van der Waals surface area contributed by atoms with Gasteiger partial charge in [0.15, 0.2) is 0 Å². The van der Waals surface area contributed by atoms with Crippen molar-refractivity contribution in [3.05, 3.63) is 12.2 Å². The van der Waals surface area contributed by atoms with Crippen molar-refractivity contribution in [1.29, 1.82) is 0 Å². The summed E-state index contributed by atoms with van der Waals surface area (Å²) in [5.74, 6) is 1.54. The molecule has 92 valence electrons. The molecule has 0 amide bonds. The van der Waals surface area contributed by atoms with Crippen molar-refractivity contribution in [1.82, 2.24) is 0 Å². The Morgan fingerprint density at radius 3 is 2.62 bits per heavy atom. The fourth-order valence-corrected chi connectivity index (χ4v) is 3.80. The lowest BCUT2D eigenvalue weighted by atomic mass is 9.71. The van der Waals surface area contributed by atoms with Gasteiger partial charge in [-0.05, 0) is 43.4 Å². The number of hydrogen-bond donors (Lipinski definition) is 2. The maximum Gasteiger partial charge on any atom is 0.0657 e. The molecule has 2 bridgehead atoms. The predicted molar refractivity (Wildman–Crippen MR) is 65.0 cm³/mol. The SMILES string of the molecule is CCCC[C@](C)(O)[C@H]1[C@@H](CO)[C@H]2C=C[C@@H]1C2. The molecule has 2 aliphatic rings. The number of hydrogen-bond acceptors (Lipinski definition) is 2. The molecule has 5 atom stereocenters. The smallest absolute Gasteiger partial charge is 0.0657 e. The van der Waals surface area contributed by atoms with Gasteiger partial charge in [0.05, 0.1) is 5.60 Å². The zero-order valence-electron chi connectivity index (χ0n) is 10.4. The molecule has 0 aliphatic heterocycles. The second-order valence-corrected chi connectivity index (χ2v) is 5.78. The highest BCUT2D eigenvalue weighted by molar-refractivity contribution is 5.16. The summed E-state index contributed by atoms with van der Waals surface area (Å²) in [6.45, 7) is 4.34. The van der Waals surface area contributed by atoms with Crippen molar-refractivity contribution in [3.8, 4) is 0 Å². The molecule has 0 radical (unpaired) electrons. The number of rotatable bonds is 5. The van der Waals surface area contributed by atoms with Crippen LogP contribution in [0, 0.1) is 23.7 Å². The lowest BCUT2D eigenvalue weighted by molar-refractivity contribution is -0.0509. The third-order valence-corrected chi connectivity index (χ3v) is 4.59. The summed E-state index contributed by atoms with van der Waals surface area (Å²) < 4.78 is 0. The molecule has 2 aliphatic carbocycles. The first kappa shape index (κ1) is 12.1. The minimum atomic E-state index is -0.604. The first-order valence-electron chi connectivity index (χ1n) is 6.61. The lowest BCUT2D eigenvalue weighted by Crippen LogP contribution is -2.42. The molecular formula is C14H24O2. The van der Waals surface area contributed by atoms with Gasteiger partial charge in [-0.2, -0.15) is 0 Å². The molecule has 0 unspecified atom stereocenters. The molecule has 0 spiro atoms. The topological polar surface area (TPSA) is 40.5 Å². The normalized spacial score (nSPS) is 40.2. The van der Waals surface area contributed by atoms with Gasteiger partial charge < -0.3 is 10.2 Å². The molecular weight excluding hydrogens is 200 g/mol. The van der Waals surface area contributed by atoms with Gasteiger partial charge in [0.2, 0.25) is 0 Å². The van der Waals surface area contributed by atoms with E-state index in [0.717, 1.165) is 25.7 Å². The van der Waals surface area contributed by atoms with Crippen LogP contribution >= 0.6 is 0 Å². The minimum Gasteiger partial charge on any atom is -0.396 e. The lowest BCUT2D eigenvalue weighted by Gasteiger charge is -2.38. The zero-order valence-corrected chi connectivity index (χ0v) is 10.4. The highest BCUT2D eigenvalue weighted by Gasteiger charge is 2.51. The van der Waals surface area contributed by atoms with Crippen molar-refractivity contribution in [2.24, 2.45) is 23.7 Å². The van der Waals surface area contributed by atoms with Gasteiger partial charge in [-0.1, -0.05) is 31.9 Å². The van der Waals surface area contributed by atoms with Crippen LogP contribution in [-0.4, -0.2) is 22.4 Å². The average molecular weight is 224 g/mol. The maximum atomic E-state index is 10.6. The first-order valence-corrected chi connectivity index (χ1v) is 6.61. The fraction of sp³-hybridized carbons (Fsp3) is 0.857. The van der Waals surface area contributed by atoms with Gasteiger partial charge in [-0.3, -0.25) is 0 Å². The van der Waals surface area contributed by atoms with E-state index in [1.54, 1.807) is 0 Å². The van der Waals surface area contributed by atoms with E-state index in [1.165, 1.54) is 0 Å². The monoisotopic (exact) mass is 224 g/mol. The number of aliphatic hydroxyl groups is 2. The second-order valence-electron chi connectivity index (χ2n) is 5.78. The predicted octanol–water partition coefficient (Wildman–Crippen LogP) is 2.36. The van der Waals surface area contributed by atoms with Crippen molar-refractivity contribution < 1.29 is 10.2 Å². The van der Waals surface area contributed by atoms with Crippen molar-refractivity contribution in [2.45, 2.75) is 45.1 Å². The Hall–Kier alpha value is -0.340. The van der Waals surface area contributed by atoms with E-state index in [1.807, 2.05) is 6.92 Å². The molecule has 1 saturated carbocycles. The van der Waals surface area contributed by atoms with Crippen LogP contribution in [0.1, 0.15) is 39.5 Å². The zero-order chi connectivity index (χ0) is 11.8. The Labute approximate surface area is 98.4 Å². The van der Waals surface area contributed by atoms with Crippen LogP contribution in [0.15, 0.2) is 12.2 Å². The summed E-state index contributed by atoms with van der Waals surface area (Å²) in [4.78, 5) is 0. The number of unbranched alkanes of at least 4 members (excludes halogenated alkanes) is 1. The highest BCUT2D eigenvalue weighted by Crippen LogP contribution is 2.52. The summed E-state index contributed by atoms with van der Waals surface area (Å²) in [6.07, 6.45) is 8.68. The summed E-state index contributed by atoms with van der Waals surface area (Å²) in [7, 11) is 0. The van der Waals surface area contributed by atoms with Crippen LogP contribution in [0.4, 0.5) is 0 Å². The number of aliphatic hydroxyl groups excluding tert-OH is 1. The van der Waals surface area contributed by atoms with Crippen LogP contribution in [0.5, 0.6) is 0 Å². The van der Waals surface area contributed by atoms with Crippen molar-refractivity contribution in [2.75, 3.05) is 6.61 Å². The maximum absolute atomic E-state index is 10.6. The Kier molecular flexibility index (Phi) is 3.41. The third kappa shape index (κ3) is 1.93. The number of fused-ring (bicyclic) bond motifs is 2. The fourth-order valence-electron chi connectivity index (χ4n) is 3.80. The molecule has 0 saturated heterocycles. The molecule has 16 heavy (non-hydrogen) atoms. The van der Waals surface area contributed by atoms with Crippen molar-refractivity contribution >= 4 is 0 Å². The molecule has 0 aromatic carbocycles. The van der Waals surface area contributed by atoms with Gasteiger partial charge in [-0.25, -0.2) is 0 Å². The Morgan fingerprint density at radius 2 is 2.00 bits per heavy atom. The Balaban J connectivity index is 2.10. The van der Waals surface area contributed by atoms with Gasteiger partial charge in [0, 0.05) is 6.61 Å². The molecule has 2 rings (SSSR count). The molecule has 0 aromatic heterocycles. The summed E-state index contributed by atoms with van der Waals surface area (Å²) in [5, 5.41) is 20.1. The number of allylic oxidation sites excluding steroid dienone is 2. The van der Waals surface area contributed by atoms with Crippen LogP contribution < -0.4 is 0 Å². The van der Waals surface area contributed by atoms with Crippen LogP contribution in [0.25, 0.3) is 0 Å². The largest absolute Gasteiger partial charge is 0.396 e. The standard InChI is InChI=1S/C14H24O2/c1-3-4-7-14(2,16)13-11-6-5-10(8-11)12(13)9-15/h5-6,10-13,15-16H,3-4,7-9H2,1-2H3/t10-,11+,12-,13+,14-/m0/s1. The quantitative estimate of drug-likeness (QED) is 0.704. The van der Waals surface area contributed by atoms with E-state index in [4.69, 9.17) is 0 Å². The van der Waals surface area contributed by atoms with E-state index < -0.39 is 5.60 Å². The van der Waals surface area contributed by atoms with E-state index in [9.17, 15) is 10.2 Å². The summed E-state index contributed by atoms with van der Waals surface area (Å²) in [5.41, 5.74) is -0.604. The molecule has 1 fully saturated rings. The van der Waals surface area contributed by atoms with Gasteiger partial charge >= 0.3 is 0 Å². The Morgan fingerprint density at radius 1 is 1.31 bits per heavy atom. The third-order valence-electron chi connectivity index (χ3n) is 4.59. The van der Waals surface area contributed by atoms with E-state index in [0.29, 0.717) is 11.8 Å². The molecule has 2 nitrogen and oxygen atoms in total. The summed E-state index contributed by atoms with van der Waals surface area (Å²) >= 11 is 0. The van der Waals surface area contributed by atoms with E-state index >= 15 is 0 Å². The highest BCUT2D eigenvalue weighted by atomic mass is 16.3. The van der Waals surface area contributed by atoms with E-state index in [-0.39, 0.29) is 18.4 Å². The molecule has 2 N–H and O–H groups in total. The van der Waals surface area contributed by atoms with Crippen LogP contribution in [0.3, 0.4) is 0 Å². The molecule has 2 heteroatoms. The molecule has 0 heterocycles. The van der Waals surface area contributed by atoms with Crippen LogP contribution in [-0.2, 0) is 0 Å². The van der Waals surface area contributed by atoms with Crippen LogP contribution in [0.2, 0.25) is 0 Å². The Bertz CT molecular complexity index is 270. The molecule has 0 aromatic rings. The van der Waals surface area contributed by atoms with Crippen molar-refractivity contribution in [3.63, 3.8) is 0 Å². The van der Waals surface area contributed by atoms with Gasteiger partial charge in [0.25, 0.3) is 0 Å². The average Bonchev–Trinajstić information content (AvgIpc) is 2.85.